The average molecular weight is 725 g/mol. The van der Waals surface area contributed by atoms with E-state index in [-0.39, 0.29) is 24.0 Å². The van der Waals surface area contributed by atoms with Crippen molar-refractivity contribution < 1.29 is 39.9 Å². The molecule has 3 aromatic rings. The highest BCUT2D eigenvalue weighted by molar-refractivity contribution is 6.31. The molecule has 0 radical (unpaired) electrons. The van der Waals surface area contributed by atoms with Crippen LogP contribution in [0.5, 0.6) is 5.75 Å². The number of primary amides is 1. The number of nitrogens with two attached hydrogens (primary N) is 1. The summed E-state index contributed by atoms with van der Waals surface area (Å²) in [5.41, 5.74) is 10.4. The van der Waals surface area contributed by atoms with E-state index >= 15 is 0 Å². The molecular formula is C38H49ClN4O8. The van der Waals surface area contributed by atoms with Gasteiger partial charge in [0.05, 0.1) is 19.3 Å². The summed E-state index contributed by atoms with van der Waals surface area (Å²) in [6.45, 7) is 0.785. The van der Waals surface area contributed by atoms with E-state index in [0.717, 1.165) is 64.1 Å². The lowest BCUT2D eigenvalue weighted by molar-refractivity contribution is -0.142. The van der Waals surface area contributed by atoms with Gasteiger partial charge >= 0.3 is 0 Å². The molecule has 276 valence electrons. The monoisotopic (exact) mass is 724 g/mol. The van der Waals surface area contributed by atoms with Gasteiger partial charge < -0.3 is 46.2 Å². The molecule has 2 aliphatic carbocycles. The molecule has 2 aromatic carbocycles. The molecular weight excluding hydrogens is 676 g/mol. The van der Waals surface area contributed by atoms with Crippen LogP contribution < -0.4 is 15.8 Å². The average Bonchev–Trinajstić information content (AvgIpc) is 4.07. The Hall–Kier alpha value is -3.62. The van der Waals surface area contributed by atoms with Crippen molar-refractivity contribution in [2.75, 3.05) is 19.7 Å². The Morgan fingerprint density at radius 1 is 1.06 bits per heavy atom. The zero-order chi connectivity index (χ0) is 36.7. The predicted octanol–water partition coefficient (Wildman–Crippen LogP) is 2.75. The van der Waals surface area contributed by atoms with Gasteiger partial charge in [0.2, 0.25) is 11.8 Å². The van der Waals surface area contributed by atoms with E-state index in [1.807, 2.05) is 42.7 Å². The normalized spacial score (nSPS) is 17.9. The van der Waals surface area contributed by atoms with Crippen molar-refractivity contribution in [2.45, 2.75) is 100 Å². The summed E-state index contributed by atoms with van der Waals surface area (Å²) < 4.78 is 6.25. The number of nitrogens with zero attached hydrogens (tertiary/aromatic N) is 2. The zero-order valence-electron chi connectivity index (χ0n) is 28.8. The Morgan fingerprint density at radius 3 is 2.47 bits per heavy atom. The Kier molecular flexibility index (Phi) is 13.1. The summed E-state index contributed by atoms with van der Waals surface area (Å²) in [6, 6.07) is 16.2. The van der Waals surface area contributed by atoms with Gasteiger partial charge in [-0.25, -0.2) is 0 Å². The van der Waals surface area contributed by atoms with E-state index in [1.165, 1.54) is 0 Å². The number of pyridine rings is 1. The van der Waals surface area contributed by atoms with Crippen LogP contribution in [0.15, 0.2) is 60.9 Å². The highest BCUT2D eigenvalue weighted by atomic mass is 35.5. The number of carbonyl (C=O) groups is 2. The van der Waals surface area contributed by atoms with Gasteiger partial charge in [-0.2, -0.15) is 0 Å². The van der Waals surface area contributed by atoms with E-state index in [0.29, 0.717) is 24.4 Å². The van der Waals surface area contributed by atoms with Gasteiger partial charge in [-0.1, -0.05) is 48.9 Å². The van der Waals surface area contributed by atoms with Crippen LogP contribution >= 0.6 is 11.6 Å². The molecule has 12 nitrogen and oxygen atoms in total. The maximum atomic E-state index is 13.0. The molecule has 0 bridgehead atoms. The van der Waals surface area contributed by atoms with Crippen molar-refractivity contribution in [3.05, 3.63) is 82.6 Å². The topological polar surface area (TPSA) is 199 Å². The third-order valence-corrected chi connectivity index (χ3v) is 10.2. The van der Waals surface area contributed by atoms with Crippen LogP contribution in [0.3, 0.4) is 0 Å². The summed E-state index contributed by atoms with van der Waals surface area (Å²) in [6.07, 6.45) is 2.20. The van der Waals surface area contributed by atoms with Crippen molar-refractivity contribution in [3.63, 3.8) is 0 Å². The van der Waals surface area contributed by atoms with Crippen LogP contribution in [-0.4, -0.2) is 97.4 Å². The van der Waals surface area contributed by atoms with Crippen LogP contribution in [0.1, 0.15) is 74.5 Å². The smallest absolute Gasteiger partial charge is 0.237 e. The first-order valence-electron chi connectivity index (χ1n) is 17.6. The SMILES string of the molecule is CC(CCCC(=O)N(CC(N)=O)CC(O)C(O)C(O)C(O)CO)c1ccc(Cl)c(CNC2(c3cnccc3-c3ccccc3OC3CC3)CC2)c1. The molecule has 1 heterocycles. The maximum Gasteiger partial charge on any atom is 0.237 e. The lowest BCUT2D eigenvalue weighted by Gasteiger charge is -2.30. The minimum Gasteiger partial charge on any atom is -0.490 e. The first kappa shape index (κ1) is 38.6. The molecule has 5 unspecified atom stereocenters. The number of amides is 2. The van der Waals surface area contributed by atoms with Crippen LogP contribution in [-0.2, 0) is 21.7 Å². The van der Waals surface area contributed by atoms with Crippen molar-refractivity contribution >= 4 is 23.4 Å². The summed E-state index contributed by atoms with van der Waals surface area (Å²) in [4.78, 5) is 30.2. The van der Waals surface area contributed by atoms with Crippen molar-refractivity contribution in [2.24, 2.45) is 5.73 Å². The number of hydrogen-bond acceptors (Lipinski definition) is 10. The number of aliphatic hydroxyl groups excluding tert-OH is 5. The Balaban J connectivity index is 1.19. The summed E-state index contributed by atoms with van der Waals surface area (Å²) in [5, 5.41) is 53.5. The number of halogens is 1. The number of carbonyl (C=O) groups excluding carboxylic acids is 2. The van der Waals surface area contributed by atoms with Gasteiger partial charge in [-0.3, -0.25) is 14.6 Å². The molecule has 0 spiro atoms. The second kappa shape index (κ2) is 17.3. The first-order chi connectivity index (χ1) is 24.4. The number of rotatable bonds is 20. The fourth-order valence-electron chi connectivity index (χ4n) is 6.36. The quantitative estimate of drug-likeness (QED) is 0.0910. The second-order valence-electron chi connectivity index (χ2n) is 13.9. The third kappa shape index (κ3) is 10.0. The second-order valence-corrected chi connectivity index (χ2v) is 14.3. The van der Waals surface area contributed by atoms with Crippen molar-refractivity contribution in [3.8, 4) is 16.9 Å². The molecule has 13 heteroatoms. The predicted molar refractivity (Wildman–Crippen MR) is 192 cm³/mol. The molecule has 0 saturated heterocycles. The van der Waals surface area contributed by atoms with Crippen molar-refractivity contribution in [1.82, 2.24) is 15.2 Å². The molecule has 5 atom stereocenters. The number of hydrogen-bond donors (Lipinski definition) is 7. The number of para-hydroxylation sites is 1. The molecule has 8 N–H and O–H groups in total. The van der Waals surface area contributed by atoms with E-state index in [9.17, 15) is 30.0 Å². The molecule has 51 heavy (non-hydrogen) atoms. The number of aliphatic hydroxyl groups is 5. The molecule has 2 fully saturated rings. The molecule has 2 saturated carbocycles. The Bertz CT molecular complexity index is 1650. The maximum absolute atomic E-state index is 13.0. The van der Waals surface area contributed by atoms with Crippen LogP contribution in [0.4, 0.5) is 0 Å². The number of ether oxygens (including phenoxy) is 1. The fraction of sp³-hybridized carbons (Fsp3) is 0.500. The molecule has 2 aliphatic rings. The summed E-state index contributed by atoms with van der Waals surface area (Å²) in [5.74, 6) is -0.307. The van der Waals surface area contributed by atoms with Crippen LogP contribution in [0.2, 0.25) is 5.02 Å². The van der Waals surface area contributed by atoms with Gasteiger partial charge in [-0.15, -0.1) is 0 Å². The summed E-state index contributed by atoms with van der Waals surface area (Å²) >= 11 is 6.69. The number of nitrogens with one attached hydrogen (secondary N) is 1. The minimum absolute atomic E-state index is 0.0506. The molecule has 5 rings (SSSR count). The fourth-order valence-corrected chi connectivity index (χ4v) is 6.54. The highest BCUT2D eigenvalue weighted by Gasteiger charge is 2.46. The van der Waals surface area contributed by atoms with E-state index in [2.05, 4.69) is 35.4 Å². The zero-order valence-corrected chi connectivity index (χ0v) is 29.6. The Morgan fingerprint density at radius 2 is 1.78 bits per heavy atom. The van der Waals surface area contributed by atoms with Gasteiger partial charge in [0, 0.05) is 48.0 Å². The van der Waals surface area contributed by atoms with E-state index in [1.54, 1.807) is 0 Å². The third-order valence-electron chi connectivity index (χ3n) is 9.80. The van der Waals surface area contributed by atoms with Crippen LogP contribution in [0.25, 0.3) is 11.1 Å². The lowest BCUT2D eigenvalue weighted by Crippen LogP contribution is -2.51. The standard InChI is InChI=1S/C38H49ClN4O8/c1-23(5-4-8-35(48)43(21-34(40)47)20-31(45)36(49)37(50)32(46)22-44)24-9-12-30(39)25(17-24)18-42-38(14-15-38)29-19-41-16-13-27(29)28-6-2-3-7-33(28)51-26-10-11-26/h2-3,6-7,9,12-13,16-17,19,23,26,31-32,36-37,42,44-46,49-50H,4-5,8,10-11,14-15,18,20-22H2,1H3,(H2,40,47). The van der Waals surface area contributed by atoms with Gasteiger partial charge in [0.25, 0.3) is 0 Å². The molecule has 0 aliphatic heterocycles. The van der Waals surface area contributed by atoms with Gasteiger partial charge in [0.1, 0.15) is 30.2 Å². The molecule has 2 amide bonds. The Labute approximate surface area is 303 Å². The van der Waals surface area contributed by atoms with E-state index in [4.69, 9.17) is 27.2 Å². The highest BCUT2D eigenvalue weighted by Crippen LogP contribution is 2.50. The summed E-state index contributed by atoms with van der Waals surface area (Å²) in [7, 11) is 0. The van der Waals surface area contributed by atoms with Gasteiger partial charge in [0.15, 0.2) is 0 Å². The number of benzene rings is 2. The number of aromatic nitrogens is 1. The first-order valence-corrected chi connectivity index (χ1v) is 17.9. The van der Waals surface area contributed by atoms with E-state index < -0.39 is 55.9 Å². The minimum atomic E-state index is -1.87. The van der Waals surface area contributed by atoms with Crippen LogP contribution in [0, 0.1) is 0 Å². The molecule has 1 aromatic heterocycles. The van der Waals surface area contributed by atoms with Crippen molar-refractivity contribution in [1.29, 1.82) is 0 Å². The largest absolute Gasteiger partial charge is 0.490 e. The van der Waals surface area contributed by atoms with Gasteiger partial charge in [-0.05, 0) is 84.9 Å². The lowest BCUT2D eigenvalue weighted by atomic mass is 9.93.